The Morgan fingerprint density at radius 3 is 2.84 bits per heavy atom. The molecular weight excluding hydrogens is 282 g/mol. The number of aryl methyl sites for hydroxylation is 1. The van der Waals surface area contributed by atoms with E-state index in [1.165, 1.54) is 11.8 Å². The van der Waals surface area contributed by atoms with E-state index in [0.717, 1.165) is 10.5 Å². The van der Waals surface area contributed by atoms with Gasteiger partial charge in [0.15, 0.2) is 11.0 Å². The van der Waals surface area contributed by atoms with Crippen molar-refractivity contribution >= 4 is 29.5 Å². The Morgan fingerprint density at radius 1 is 1.42 bits per heavy atom. The van der Waals surface area contributed by atoms with Crippen molar-refractivity contribution < 1.29 is 9.90 Å². The molecule has 1 aromatic heterocycles. The molecule has 2 rings (SSSR count). The summed E-state index contributed by atoms with van der Waals surface area (Å²) in [4.78, 5) is 16.1. The second-order valence-corrected chi connectivity index (χ2v) is 5.51. The Labute approximate surface area is 119 Å². The number of hydrogen-bond donors (Lipinski definition) is 1. The predicted octanol–water partition coefficient (Wildman–Crippen LogP) is 2.38. The molecule has 100 valence electrons. The van der Waals surface area contributed by atoms with Crippen molar-refractivity contribution in [2.75, 3.05) is 12.0 Å². The monoisotopic (exact) mass is 295 g/mol. The van der Waals surface area contributed by atoms with Gasteiger partial charge in [-0.05, 0) is 18.4 Å². The van der Waals surface area contributed by atoms with E-state index in [1.54, 1.807) is 23.5 Å². The van der Waals surface area contributed by atoms with Crippen LogP contribution in [0.4, 0.5) is 0 Å². The summed E-state index contributed by atoms with van der Waals surface area (Å²) in [5, 5.41) is 13.6. The smallest absolute Gasteiger partial charge is 0.313 e. The van der Waals surface area contributed by atoms with Gasteiger partial charge in [0.05, 0.1) is 5.75 Å². The molecule has 1 heterocycles. The highest BCUT2D eigenvalue weighted by Crippen LogP contribution is 2.29. The molecule has 0 aliphatic rings. The first-order valence-electron chi connectivity index (χ1n) is 5.51. The van der Waals surface area contributed by atoms with Gasteiger partial charge in [0.2, 0.25) is 0 Å². The van der Waals surface area contributed by atoms with Gasteiger partial charge in [-0.1, -0.05) is 23.9 Å². The van der Waals surface area contributed by atoms with Crippen molar-refractivity contribution in [3.63, 3.8) is 0 Å². The summed E-state index contributed by atoms with van der Waals surface area (Å²) < 4.78 is 1.61. The molecule has 19 heavy (non-hydrogen) atoms. The Kier molecular flexibility index (Phi) is 4.49. The molecule has 0 saturated heterocycles. The van der Waals surface area contributed by atoms with Crippen molar-refractivity contribution in [3.05, 3.63) is 24.3 Å². The van der Waals surface area contributed by atoms with Crippen LogP contribution in [0.1, 0.15) is 0 Å². The maximum absolute atomic E-state index is 10.6. The van der Waals surface area contributed by atoms with E-state index in [-0.39, 0.29) is 5.75 Å². The number of aromatic nitrogens is 3. The molecule has 0 bridgehead atoms. The van der Waals surface area contributed by atoms with Crippen molar-refractivity contribution in [1.29, 1.82) is 0 Å². The summed E-state index contributed by atoms with van der Waals surface area (Å²) in [6.07, 6.45) is 2.00. The third-order valence-electron chi connectivity index (χ3n) is 2.40. The van der Waals surface area contributed by atoms with Crippen LogP contribution in [0.5, 0.6) is 0 Å². The van der Waals surface area contributed by atoms with E-state index in [1.807, 2.05) is 30.5 Å². The molecule has 0 atom stereocenters. The molecule has 5 nitrogen and oxygen atoms in total. The van der Waals surface area contributed by atoms with Crippen molar-refractivity contribution in [2.45, 2.75) is 10.1 Å². The van der Waals surface area contributed by atoms with E-state index < -0.39 is 5.97 Å². The SMILES string of the molecule is CSc1ccccc1-c1nc(SCC(=O)O)n(C)n1. The highest BCUT2D eigenvalue weighted by Gasteiger charge is 2.13. The lowest BCUT2D eigenvalue weighted by Crippen LogP contribution is -2.00. The van der Waals surface area contributed by atoms with Crippen LogP contribution in [0.2, 0.25) is 0 Å². The lowest BCUT2D eigenvalue weighted by Gasteiger charge is -2.01. The first kappa shape index (κ1) is 14.0. The molecular formula is C12H13N3O2S2. The number of carboxylic acids is 1. The Hall–Kier alpha value is -1.47. The van der Waals surface area contributed by atoms with Gasteiger partial charge in [0.25, 0.3) is 0 Å². The van der Waals surface area contributed by atoms with Crippen LogP contribution in [0.3, 0.4) is 0 Å². The number of benzene rings is 1. The largest absolute Gasteiger partial charge is 0.481 e. The molecule has 0 fully saturated rings. The zero-order valence-electron chi connectivity index (χ0n) is 10.5. The van der Waals surface area contributed by atoms with Crippen LogP contribution in [-0.2, 0) is 11.8 Å². The summed E-state index contributed by atoms with van der Waals surface area (Å²) in [5.74, 6) is -0.254. The average Bonchev–Trinajstić information content (AvgIpc) is 2.77. The molecule has 0 radical (unpaired) electrons. The van der Waals surface area contributed by atoms with E-state index in [4.69, 9.17) is 5.11 Å². The summed E-state index contributed by atoms with van der Waals surface area (Å²) in [6.45, 7) is 0. The molecule has 0 spiro atoms. The fraction of sp³-hybridized carbons (Fsp3) is 0.250. The van der Waals surface area contributed by atoms with Crippen LogP contribution in [-0.4, -0.2) is 37.8 Å². The number of hydrogen-bond acceptors (Lipinski definition) is 5. The van der Waals surface area contributed by atoms with Gasteiger partial charge in [-0.15, -0.1) is 11.8 Å². The zero-order valence-corrected chi connectivity index (χ0v) is 12.2. The summed E-state index contributed by atoms with van der Waals surface area (Å²) in [6, 6.07) is 7.89. The number of rotatable bonds is 5. The van der Waals surface area contributed by atoms with E-state index >= 15 is 0 Å². The Morgan fingerprint density at radius 2 is 2.16 bits per heavy atom. The minimum Gasteiger partial charge on any atom is -0.481 e. The lowest BCUT2D eigenvalue weighted by atomic mass is 10.2. The lowest BCUT2D eigenvalue weighted by molar-refractivity contribution is -0.133. The zero-order chi connectivity index (χ0) is 13.8. The van der Waals surface area contributed by atoms with Crippen molar-refractivity contribution in [3.8, 4) is 11.4 Å². The molecule has 0 aliphatic heterocycles. The molecule has 0 amide bonds. The number of carbonyl (C=O) groups is 1. The van der Waals surface area contributed by atoms with Gasteiger partial charge in [-0.2, -0.15) is 5.10 Å². The van der Waals surface area contributed by atoms with E-state index in [9.17, 15) is 4.79 Å². The molecule has 7 heteroatoms. The summed E-state index contributed by atoms with van der Waals surface area (Å²) in [5.41, 5.74) is 0.966. The van der Waals surface area contributed by atoms with Crippen LogP contribution in [0.25, 0.3) is 11.4 Å². The van der Waals surface area contributed by atoms with Crippen LogP contribution in [0.15, 0.2) is 34.3 Å². The van der Waals surface area contributed by atoms with Gasteiger partial charge >= 0.3 is 5.97 Å². The quantitative estimate of drug-likeness (QED) is 0.854. The fourth-order valence-corrected chi connectivity index (χ4v) is 2.79. The first-order valence-corrected chi connectivity index (χ1v) is 7.72. The molecule has 0 unspecified atom stereocenters. The van der Waals surface area contributed by atoms with Gasteiger partial charge in [0.1, 0.15) is 0 Å². The topological polar surface area (TPSA) is 68.0 Å². The maximum Gasteiger partial charge on any atom is 0.313 e. The van der Waals surface area contributed by atoms with Crippen molar-refractivity contribution in [1.82, 2.24) is 14.8 Å². The number of nitrogens with zero attached hydrogens (tertiary/aromatic N) is 3. The molecule has 1 aromatic carbocycles. The van der Waals surface area contributed by atoms with E-state index in [2.05, 4.69) is 10.1 Å². The van der Waals surface area contributed by atoms with Gasteiger partial charge in [0, 0.05) is 17.5 Å². The molecule has 1 N–H and O–H groups in total. The minimum absolute atomic E-state index is 0.0177. The fourth-order valence-electron chi connectivity index (χ4n) is 1.57. The second-order valence-electron chi connectivity index (χ2n) is 3.72. The maximum atomic E-state index is 10.6. The Balaban J connectivity index is 2.31. The Bertz CT molecular complexity index is 598. The first-order chi connectivity index (χ1) is 9.11. The molecule has 2 aromatic rings. The standard InChI is InChI=1S/C12H13N3O2S2/c1-15-12(19-7-10(16)17)13-11(14-15)8-5-3-4-6-9(8)18-2/h3-6H,7H2,1-2H3,(H,16,17). The normalized spacial score (nSPS) is 10.6. The van der Waals surface area contributed by atoms with Gasteiger partial charge in [-0.3, -0.25) is 4.79 Å². The third kappa shape index (κ3) is 3.30. The highest BCUT2D eigenvalue weighted by molar-refractivity contribution is 7.99. The number of thioether (sulfide) groups is 2. The van der Waals surface area contributed by atoms with Gasteiger partial charge in [-0.25, -0.2) is 9.67 Å². The minimum atomic E-state index is -0.862. The van der Waals surface area contributed by atoms with Crippen molar-refractivity contribution in [2.24, 2.45) is 7.05 Å². The summed E-state index contributed by atoms with van der Waals surface area (Å²) in [7, 11) is 1.77. The molecule has 0 aliphatic carbocycles. The molecule has 0 saturated carbocycles. The number of carboxylic acid groups (broad SMARTS) is 1. The van der Waals surface area contributed by atoms with Crippen LogP contribution >= 0.6 is 23.5 Å². The predicted molar refractivity (Wildman–Crippen MR) is 76.6 cm³/mol. The summed E-state index contributed by atoms with van der Waals surface area (Å²) >= 11 is 2.80. The number of aliphatic carboxylic acids is 1. The third-order valence-corrected chi connectivity index (χ3v) is 4.20. The van der Waals surface area contributed by atoms with Crippen LogP contribution in [0, 0.1) is 0 Å². The van der Waals surface area contributed by atoms with E-state index in [0.29, 0.717) is 11.0 Å². The average molecular weight is 295 g/mol. The second kappa shape index (κ2) is 6.12. The highest BCUT2D eigenvalue weighted by atomic mass is 32.2. The van der Waals surface area contributed by atoms with Gasteiger partial charge < -0.3 is 5.11 Å². The van der Waals surface area contributed by atoms with Crippen LogP contribution < -0.4 is 0 Å².